The lowest BCUT2D eigenvalue weighted by molar-refractivity contribution is 0.627. The van der Waals surface area contributed by atoms with E-state index in [1.807, 2.05) is 24.3 Å². The molecule has 0 heterocycles. The Morgan fingerprint density at radius 3 is 2.50 bits per heavy atom. The van der Waals surface area contributed by atoms with Gasteiger partial charge in [-0.2, -0.15) is 5.26 Å². The van der Waals surface area contributed by atoms with E-state index in [1.165, 1.54) is 12.1 Å². The molecule has 0 N–H and O–H groups in total. The van der Waals surface area contributed by atoms with Crippen LogP contribution in [0.1, 0.15) is 11.1 Å². The van der Waals surface area contributed by atoms with E-state index < -0.39 is 0 Å². The molecule has 0 saturated heterocycles. The van der Waals surface area contributed by atoms with Gasteiger partial charge in [-0.15, -0.1) is 0 Å². The van der Waals surface area contributed by atoms with Gasteiger partial charge in [-0.1, -0.05) is 40.2 Å². The third-order valence-electron chi connectivity index (χ3n) is 2.44. The van der Waals surface area contributed by atoms with Gasteiger partial charge in [-0.25, -0.2) is 4.39 Å². The summed E-state index contributed by atoms with van der Waals surface area (Å²) in [6.07, 6.45) is 1.74. The number of allylic oxidation sites excluding steroid dienone is 1. The molecule has 0 spiro atoms. The van der Waals surface area contributed by atoms with Crippen molar-refractivity contribution in [3.63, 3.8) is 0 Å². The lowest BCUT2D eigenvalue weighted by Crippen LogP contribution is -1.83. The minimum Gasteiger partial charge on any atom is -0.207 e. The van der Waals surface area contributed by atoms with Crippen LogP contribution in [-0.4, -0.2) is 0 Å². The summed E-state index contributed by atoms with van der Waals surface area (Å²) in [5.41, 5.74) is 1.93. The second-order valence-corrected chi connectivity index (χ2v) is 4.65. The molecule has 0 saturated carbocycles. The van der Waals surface area contributed by atoms with Crippen LogP contribution in [0.25, 0.3) is 11.6 Å². The van der Waals surface area contributed by atoms with E-state index in [2.05, 4.69) is 22.0 Å². The molecule has 0 bridgehead atoms. The molecule has 0 amide bonds. The molecular weight excluding hydrogens is 293 g/mol. The lowest BCUT2D eigenvalue weighted by Gasteiger charge is -2.00. The summed E-state index contributed by atoms with van der Waals surface area (Å²) in [6, 6.07) is 15.7. The van der Waals surface area contributed by atoms with Crippen molar-refractivity contribution in [3.8, 4) is 6.07 Å². The summed E-state index contributed by atoms with van der Waals surface area (Å²) in [5, 5.41) is 9.14. The van der Waals surface area contributed by atoms with Gasteiger partial charge >= 0.3 is 0 Å². The first-order chi connectivity index (χ1) is 8.69. The first kappa shape index (κ1) is 12.5. The molecule has 1 nitrogen and oxygen atoms in total. The zero-order valence-electron chi connectivity index (χ0n) is 9.40. The predicted octanol–water partition coefficient (Wildman–Crippen LogP) is 4.65. The van der Waals surface area contributed by atoms with Crippen LogP contribution in [0.2, 0.25) is 0 Å². The average molecular weight is 302 g/mol. The van der Waals surface area contributed by atoms with Crippen molar-refractivity contribution in [2.24, 2.45) is 0 Å². The third kappa shape index (κ3) is 3.06. The Hall–Kier alpha value is -1.92. The Balaban J connectivity index is 2.40. The Kier molecular flexibility index (Phi) is 3.91. The van der Waals surface area contributed by atoms with Crippen molar-refractivity contribution in [1.29, 1.82) is 5.26 Å². The molecule has 2 aromatic rings. The van der Waals surface area contributed by atoms with Gasteiger partial charge in [0.15, 0.2) is 0 Å². The Morgan fingerprint density at radius 1 is 1.17 bits per heavy atom. The molecule has 0 radical (unpaired) electrons. The van der Waals surface area contributed by atoms with E-state index in [4.69, 9.17) is 5.26 Å². The number of nitrogens with zero attached hydrogens (tertiary/aromatic N) is 1. The normalized spacial score (nSPS) is 11.1. The van der Waals surface area contributed by atoms with E-state index in [-0.39, 0.29) is 5.82 Å². The number of rotatable bonds is 2. The first-order valence-electron chi connectivity index (χ1n) is 5.32. The summed E-state index contributed by atoms with van der Waals surface area (Å²) in [5.74, 6) is -0.343. The average Bonchev–Trinajstić information content (AvgIpc) is 2.38. The Morgan fingerprint density at radius 2 is 1.89 bits per heavy atom. The van der Waals surface area contributed by atoms with Crippen molar-refractivity contribution < 1.29 is 4.39 Å². The molecule has 88 valence electrons. The van der Waals surface area contributed by atoms with Crippen LogP contribution in [0.4, 0.5) is 4.39 Å². The van der Waals surface area contributed by atoms with Crippen molar-refractivity contribution in [2.45, 2.75) is 0 Å². The van der Waals surface area contributed by atoms with Crippen molar-refractivity contribution in [2.75, 3.05) is 0 Å². The molecule has 0 aliphatic heterocycles. The SMILES string of the molecule is N#C/C(=C/c1ccc(Br)cc1)c1cccc(F)c1. The van der Waals surface area contributed by atoms with Crippen LogP contribution < -0.4 is 0 Å². The molecule has 0 unspecified atom stereocenters. The highest BCUT2D eigenvalue weighted by atomic mass is 79.9. The molecule has 0 fully saturated rings. The molecule has 0 atom stereocenters. The van der Waals surface area contributed by atoms with E-state index in [9.17, 15) is 4.39 Å². The van der Waals surface area contributed by atoms with E-state index in [1.54, 1.807) is 18.2 Å². The maximum atomic E-state index is 13.1. The molecule has 18 heavy (non-hydrogen) atoms. The van der Waals surface area contributed by atoms with Crippen LogP contribution in [-0.2, 0) is 0 Å². The molecule has 2 aromatic carbocycles. The van der Waals surface area contributed by atoms with Crippen LogP contribution >= 0.6 is 15.9 Å². The lowest BCUT2D eigenvalue weighted by atomic mass is 10.0. The molecule has 3 heteroatoms. The molecule has 2 rings (SSSR count). The Bertz CT molecular complexity index is 624. The van der Waals surface area contributed by atoms with Gasteiger partial charge in [0.2, 0.25) is 0 Å². The largest absolute Gasteiger partial charge is 0.207 e. The fourth-order valence-electron chi connectivity index (χ4n) is 1.56. The zero-order valence-corrected chi connectivity index (χ0v) is 11.0. The van der Waals surface area contributed by atoms with E-state index >= 15 is 0 Å². The monoisotopic (exact) mass is 301 g/mol. The highest BCUT2D eigenvalue weighted by Gasteiger charge is 2.02. The van der Waals surface area contributed by atoms with Crippen molar-refractivity contribution in [1.82, 2.24) is 0 Å². The van der Waals surface area contributed by atoms with Gasteiger partial charge in [0, 0.05) is 4.47 Å². The first-order valence-corrected chi connectivity index (χ1v) is 6.11. The van der Waals surface area contributed by atoms with E-state index in [0.717, 1.165) is 10.0 Å². The van der Waals surface area contributed by atoms with Crippen LogP contribution in [0.5, 0.6) is 0 Å². The maximum Gasteiger partial charge on any atom is 0.123 e. The maximum absolute atomic E-state index is 13.1. The smallest absolute Gasteiger partial charge is 0.123 e. The van der Waals surface area contributed by atoms with Gasteiger partial charge in [0.1, 0.15) is 5.82 Å². The van der Waals surface area contributed by atoms with Crippen LogP contribution in [0, 0.1) is 17.1 Å². The van der Waals surface area contributed by atoms with Gasteiger partial charge < -0.3 is 0 Å². The summed E-state index contributed by atoms with van der Waals surface area (Å²) in [7, 11) is 0. The summed E-state index contributed by atoms with van der Waals surface area (Å²) in [6.45, 7) is 0. The quantitative estimate of drug-likeness (QED) is 0.585. The summed E-state index contributed by atoms with van der Waals surface area (Å²) >= 11 is 3.35. The summed E-state index contributed by atoms with van der Waals surface area (Å²) in [4.78, 5) is 0. The molecular formula is C15H9BrFN. The zero-order chi connectivity index (χ0) is 13.0. The number of halogens is 2. The highest BCUT2D eigenvalue weighted by Crippen LogP contribution is 2.19. The summed E-state index contributed by atoms with van der Waals surface area (Å²) < 4.78 is 14.1. The molecule has 0 aliphatic carbocycles. The number of nitriles is 1. The second kappa shape index (κ2) is 5.61. The van der Waals surface area contributed by atoms with Gasteiger partial charge in [-0.05, 0) is 41.5 Å². The predicted molar refractivity (Wildman–Crippen MR) is 74.0 cm³/mol. The fourth-order valence-corrected chi connectivity index (χ4v) is 1.83. The van der Waals surface area contributed by atoms with Gasteiger partial charge in [-0.3, -0.25) is 0 Å². The number of hydrogen-bond acceptors (Lipinski definition) is 1. The topological polar surface area (TPSA) is 23.8 Å². The standard InChI is InChI=1S/C15H9BrFN/c16-14-6-4-11(5-7-14)8-13(10-18)12-2-1-3-15(17)9-12/h1-9H/b13-8-. The molecule has 0 aliphatic rings. The Labute approximate surface area is 113 Å². The van der Waals surface area contributed by atoms with E-state index in [0.29, 0.717) is 11.1 Å². The molecule has 0 aromatic heterocycles. The van der Waals surface area contributed by atoms with Gasteiger partial charge in [0.05, 0.1) is 11.6 Å². The van der Waals surface area contributed by atoms with Crippen LogP contribution in [0.3, 0.4) is 0 Å². The van der Waals surface area contributed by atoms with Crippen molar-refractivity contribution >= 4 is 27.6 Å². The number of benzene rings is 2. The number of hydrogen-bond donors (Lipinski definition) is 0. The van der Waals surface area contributed by atoms with Gasteiger partial charge in [0.25, 0.3) is 0 Å². The second-order valence-electron chi connectivity index (χ2n) is 3.73. The minimum atomic E-state index is -0.343. The van der Waals surface area contributed by atoms with Crippen molar-refractivity contribution in [3.05, 3.63) is 69.9 Å². The minimum absolute atomic E-state index is 0.343. The van der Waals surface area contributed by atoms with Crippen LogP contribution in [0.15, 0.2) is 53.0 Å². The fraction of sp³-hybridized carbons (Fsp3) is 0. The highest BCUT2D eigenvalue weighted by molar-refractivity contribution is 9.10. The third-order valence-corrected chi connectivity index (χ3v) is 2.97.